The maximum absolute atomic E-state index is 13.2. The monoisotopic (exact) mass is 544 g/mol. The van der Waals surface area contributed by atoms with Gasteiger partial charge in [-0.3, -0.25) is 4.98 Å². The molecule has 0 saturated heterocycles. The van der Waals surface area contributed by atoms with Crippen LogP contribution in [0.5, 0.6) is 5.75 Å². The lowest BCUT2D eigenvalue weighted by Gasteiger charge is -2.14. The molecule has 0 spiro atoms. The van der Waals surface area contributed by atoms with Crippen molar-refractivity contribution in [2.75, 3.05) is 7.11 Å². The van der Waals surface area contributed by atoms with Crippen molar-refractivity contribution in [1.29, 1.82) is 0 Å². The Labute approximate surface area is 203 Å². The van der Waals surface area contributed by atoms with Crippen molar-refractivity contribution in [3.8, 4) is 5.75 Å². The number of esters is 1. The van der Waals surface area contributed by atoms with Crippen molar-refractivity contribution in [3.63, 3.8) is 0 Å². The Hall–Kier alpha value is -3.37. The van der Waals surface area contributed by atoms with E-state index in [2.05, 4.69) is 25.9 Å². The van der Waals surface area contributed by atoms with E-state index in [-0.39, 0.29) is 32.3 Å². The maximum atomic E-state index is 13.2. The summed E-state index contributed by atoms with van der Waals surface area (Å²) >= 11 is 3.33. The van der Waals surface area contributed by atoms with Crippen molar-refractivity contribution in [3.05, 3.63) is 93.6 Å². The molecule has 0 unspecified atom stereocenters. The number of hydrogen-bond acceptors (Lipinski definition) is 7. The van der Waals surface area contributed by atoms with Gasteiger partial charge >= 0.3 is 16.1 Å². The van der Waals surface area contributed by atoms with Crippen LogP contribution >= 0.6 is 15.9 Å². The summed E-state index contributed by atoms with van der Waals surface area (Å²) in [7, 11) is -3.15. The molecule has 0 radical (unpaired) electrons. The minimum atomic E-state index is -4.30. The number of carbonyl (C=O) groups is 1. The number of ether oxygens (including phenoxy) is 1. The molecule has 2 heterocycles. The lowest BCUT2D eigenvalue weighted by Crippen LogP contribution is -2.15. The SMILES string of the molecule is COC(=O)c1nc(Br)c2cc(Cc3ccc(F)cc3)cnc2c1OS(=O)(=O)c1ccc(C)cc1. The van der Waals surface area contributed by atoms with E-state index in [1.807, 2.05) is 6.92 Å². The Morgan fingerprint density at radius 2 is 1.74 bits per heavy atom. The molecule has 0 saturated carbocycles. The number of rotatable bonds is 6. The standard InChI is InChI=1S/C24H18BrFN2O5S/c1-14-3-9-18(10-4-14)34(30,31)33-22-20-19(23(25)28-21(22)24(29)32-2)12-16(13-27-20)11-15-5-7-17(26)8-6-15/h3-10,12-13H,11H2,1-2H3. The normalized spacial score (nSPS) is 11.4. The van der Waals surface area contributed by atoms with E-state index in [1.54, 1.807) is 30.3 Å². The molecular weight excluding hydrogens is 527 g/mol. The fraction of sp³-hybridized carbons (Fsp3) is 0.125. The van der Waals surface area contributed by atoms with Gasteiger partial charge in [0.05, 0.1) is 7.11 Å². The third-order valence-electron chi connectivity index (χ3n) is 5.01. The smallest absolute Gasteiger partial charge is 0.360 e. The number of aryl methyl sites for hydroxylation is 1. The minimum Gasteiger partial charge on any atom is -0.464 e. The van der Waals surface area contributed by atoms with Gasteiger partial charge in [0.1, 0.15) is 20.8 Å². The van der Waals surface area contributed by atoms with Crippen molar-refractivity contribution in [1.82, 2.24) is 9.97 Å². The topological polar surface area (TPSA) is 95.4 Å². The van der Waals surface area contributed by atoms with Crippen molar-refractivity contribution in [2.24, 2.45) is 0 Å². The number of halogens is 2. The molecule has 4 aromatic rings. The summed E-state index contributed by atoms with van der Waals surface area (Å²) in [4.78, 5) is 20.9. The first kappa shape index (κ1) is 23.8. The molecule has 0 atom stereocenters. The van der Waals surface area contributed by atoms with E-state index in [0.717, 1.165) is 23.8 Å². The van der Waals surface area contributed by atoms with Gasteiger partial charge in [0.15, 0.2) is 5.69 Å². The van der Waals surface area contributed by atoms with Gasteiger partial charge in [0.2, 0.25) is 5.75 Å². The van der Waals surface area contributed by atoms with Crippen LogP contribution in [0.4, 0.5) is 4.39 Å². The molecule has 2 aromatic carbocycles. The number of carbonyl (C=O) groups excluding carboxylic acids is 1. The fourth-order valence-electron chi connectivity index (χ4n) is 3.28. The first-order valence-corrected chi connectivity index (χ1v) is 12.2. The molecule has 0 aliphatic carbocycles. The molecule has 0 aliphatic rings. The second-order valence-electron chi connectivity index (χ2n) is 7.47. The van der Waals surface area contributed by atoms with Crippen molar-refractivity contribution in [2.45, 2.75) is 18.2 Å². The molecule has 4 rings (SSSR count). The average molecular weight is 545 g/mol. The van der Waals surface area contributed by atoms with E-state index in [9.17, 15) is 17.6 Å². The van der Waals surface area contributed by atoms with E-state index < -0.39 is 16.1 Å². The minimum absolute atomic E-state index is 0.0853. The van der Waals surface area contributed by atoms with Crippen LogP contribution in [-0.4, -0.2) is 31.5 Å². The summed E-state index contributed by atoms with van der Waals surface area (Å²) in [6.07, 6.45) is 1.98. The van der Waals surface area contributed by atoms with Gasteiger partial charge in [-0.15, -0.1) is 0 Å². The maximum Gasteiger partial charge on any atom is 0.360 e. The highest BCUT2D eigenvalue weighted by Crippen LogP contribution is 2.35. The molecule has 174 valence electrons. The highest BCUT2D eigenvalue weighted by molar-refractivity contribution is 9.10. The Kier molecular flexibility index (Phi) is 6.63. The Morgan fingerprint density at radius 1 is 1.06 bits per heavy atom. The molecule has 0 bridgehead atoms. The second kappa shape index (κ2) is 9.47. The van der Waals surface area contributed by atoms with Gasteiger partial charge in [0, 0.05) is 11.6 Å². The number of benzene rings is 2. The molecule has 0 aliphatic heterocycles. The predicted octanol–water partition coefficient (Wildman–Crippen LogP) is 4.98. The molecule has 7 nitrogen and oxygen atoms in total. The van der Waals surface area contributed by atoms with Crippen molar-refractivity contribution < 1.29 is 26.5 Å². The van der Waals surface area contributed by atoms with Gasteiger partial charge < -0.3 is 8.92 Å². The number of fused-ring (bicyclic) bond motifs is 1. The van der Waals surface area contributed by atoms with Gasteiger partial charge in [-0.05, 0) is 70.7 Å². The van der Waals surface area contributed by atoms with Crippen LogP contribution in [0.3, 0.4) is 0 Å². The lowest BCUT2D eigenvalue weighted by atomic mass is 10.0. The zero-order valence-electron chi connectivity index (χ0n) is 18.1. The summed E-state index contributed by atoms with van der Waals surface area (Å²) in [6.45, 7) is 1.83. The van der Waals surface area contributed by atoms with Gasteiger partial charge in [-0.2, -0.15) is 8.42 Å². The van der Waals surface area contributed by atoms with Gasteiger partial charge in [-0.25, -0.2) is 14.2 Å². The van der Waals surface area contributed by atoms with Gasteiger partial charge in [0.25, 0.3) is 0 Å². The summed E-state index contributed by atoms with van der Waals surface area (Å²) in [5, 5.41) is 0.432. The van der Waals surface area contributed by atoms with Gasteiger partial charge in [-0.1, -0.05) is 29.8 Å². The number of aromatic nitrogens is 2. The zero-order chi connectivity index (χ0) is 24.5. The lowest BCUT2D eigenvalue weighted by molar-refractivity contribution is 0.0592. The van der Waals surface area contributed by atoms with Crippen molar-refractivity contribution >= 4 is 42.9 Å². The largest absolute Gasteiger partial charge is 0.464 e. The van der Waals surface area contributed by atoms with Crippen LogP contribution in [0.1, 0.15) is 27.2 Å². The third-order valence-corrected chi connectivity index (χ3v) is 6.85. The zero-order valence-corrected chi connectivity index (χ0v) is 20.5. The van der Waals surface area contributed by atoms with E-state index in [0.29, 0.717) is 11.8 Å². The number of nitrogens with zero attached hydrogens (tertiary/aromatic N) is 2. The van der Waals surface area contributed by atoms with E-state index in [1.165, 1.54) is 30.5 Å². The molecule has 34 heavy (non-hydrogen) atoms. The highest BCUT2D eigenvalue weighted by atomic mass is 79.9. The highest BCUT2D eigenvalue weighted by Gasteiger charge is 2.27. The van der Waals surface area contributed by atoms with Crippen LogP contribution in [0, 0.1) is 12.7 Å². The van der Waals surface area contributed by atoms with E-state index in [4.69, 9.17) is 8.92 Å². The summed E-state index contributed by atoms with van der Waals surface area (Å²) in [5.74, 6) is -1.55. The predicted molar refractivity (Wildman–Crippen MR) is 127 cm³/mol. The Bertz CT molecular complexity index is 1490. The third kappa shape index (κ3) is 4.92. The average Bonchev–Trinajstić information content (AvgIpc) is 2.82. The molecule has 0 amide bonds. The molecule has 0 fully saturated rings. The molecule has 2 aromatic heterocycles. The Balaban J connectivity index is 1.82. The van der Waals surface area contributed by atoms with Crippen LogP contribution in [0.25, 0.3) is 10.9 Å². The fourth-order valence-corrected chi connectivity index (χ4v) is 4.70. The molecule has 10 heteroatoms. The molecular formula is C24H18BrFN2O5S. The summed E-state index contributed by atoms with van der Waals surface area (Å²) in [6, 6.07) is 13.9. The number of methoxy groups -OCH3 is 1. The van der Waals surface area contributed by atoms with Crippen LogP contribution < -0.4 is 4.18 Å². The molecule has 0 N–H and O–H groups in total. The van der Waals surface area contributed by atoms with Crippen LogP contribution in [0.15, 0.2) is 70.3 Å². The summed E-state index contributed by atoms with van der Waals surface area (Å²) in [5.41, 5.74) is 2.27. The van der Waals surface area contributed by atoms with Crippen LogP contribution in [0.2, 0.25) is 0 Å². The van der Waals surface area contributed by atoms with E-state index >= 15 is 0 Å². The second-order valence-corrected chi connectivity index (χ2v) is 9.76. The first-order chi connectivity index (χ1) is 16.2. The van der Waals surface area contributed by atoms with Crippen LogP contribution in [-0.2, 0) is 21.3 Å². The number of pyridine rings is 2. The Morgan fingerprint density at radius 3 is 2.38 bits per heavy atom. The first-order valence-electron chi connectivity index (χ1n) is 10.00. The summed E-state index contributed by atoms with van der Waals surface area (Å²) < 4.78 is 49.6. The quantitative estimate of drug-likeness (QED) is 0.192. The number of hydrogen-bond donors (Lipinski definition) is 0.